The van der Waals surface area contributed by atoms with Gasteiger partial charge in [0, 0.05) is 5.69 Å². The van der Waals surface area contributed by atoms with Gasteiger partial charge in [-0.2, -0.15) is 0 Å². The lowest BCUT2D eigenvalue weighted by Gasteiger charge is -2.20. The van der Waals surface area contributed by atoms with Crippen LogP contribution in [-0.2, 0) is 19.6 Å². The molecule has 0 unspecified atom stereocenters. The molecule has 0 amide bonds. The molecule has 0 heterocycles. The van der Waals surface area contributed by atoms with Gasteiger partial charge in [0.15, 0.2) is 0 Å². The molecule has 0 spiro atoms. The minimum Gasteiger partial charge on any atom is -0.468 e. The molecule has 1 aromatic carbocycles. The van der Waals surface area contributed by atoms with Gasteiger partial charge in [-0.05, 0) is 24.3 Å². The topological polar surface area (TPSA) is 89.7 Å². The highest BCUT2D eigenvalue weighted by atomic mass is 32.2. The molecule has 0 fully saturated rings. The Balaban J connectivity index is 3.07. The molecule has 0 saturated carbocycles. The van der Waals surface area contributed by atoms with E-state index in [2.05, 4.69) is 4.74 Å². The monoisotopic (exact) mass is 258 g/mol. The van der Waals surface area contributed by atoms with Crippen molar-refractivity contribution in [1.29, 1.82) is 0 Å². The fraction of sp³-hybridized carbons (Fsp3) is 0.300. The van der Waals surface area contributed by atoms with Crippen molar-refractivity contribution in [2.24, 2.45) is 0 Å². The second-order valence-corrected chi connectivity index (χ2v) is 5.34. The summed E-state index contributed by atoms with van der Waals surface area (Å²) in [7, 11) is -2.34. The van der Waals surface area contributed by atoms with E-state index in [1.165, 1.54) is 19.2 Å². The van der Waals surface area contributed by atoms with E-state index in [9.17, 15) is 13.2 Å². The number of rotatable bonds is 4. The third kappa shape index (κ3) is 3.63. The maximum absolute atomic E-state index is 11.6. The molecule has 0 bridgehead atoms. The first-order chi connectivity index (χ1) is 7.84. The molecule has 0 aromatic heterocycles. The number of anilines is 2. The van der Waals surface area contributed by atoms with Crippen LogP contribution in [0.2, 0.25) is 0 Å². The van der Waals surface area contributed by atoms with Crippen molar-refractivity contribution in [3.8, 4) is 0 Å². The van der Waals surface area contributed by atoms with Gasteiger partial charge in [0.1, 0.15) is 6.54 Å². The number of methoxy groups -OCH3 is 1. The second kappa shape index (κ2) is 5.05. The maximum Gasteiger partial charge on any atom is 0.326 e. The summed E-state index contributed by atoms with van der Waals surface area (Å²) in [4.78, 5) is 11.2. The van der Waals surface area contributed by atoms with Crippen molar-refractivity contribution < 1.29 is 17.9 Å². The molecular weight excluding hydrogens is 244 g/mol. The van der Waals surface area contributed by atoms with E-state index < -0.39 is 16.0 Å². The Morgan fingerprint density at radius 3 is 2.29 bits per heavy atom. The number of ether oxygens (including phenoxy) is 1. The minimum atomic E-state index is -3.54. The van der Waals surface area contributed by atoms with Crippen LogP contribution in [0.15, 0.2) is 24.3 Å². The Morgan fingerprint density at radius 1 is 1.35 bits per heavy atom. The maximum atomic E-state index is 11.6. The summed E-state index contributed by atoms with van der Waals surface area (Å²) in [5.41, 5.74) is 6.39. The summed E-state index contributed by atoms with van der Waals surface area (Å²) in [6.07, 6.45) is 1.02. The van der Waals surface area contributed by atoms with Crippen molar-refractivity contribution in [3.05, 3.63) is 24.3 Å². The summed E-state index contributed by atoms with van der Waals surface area (Å²) >= 11 is 0. The van der Waals surface area contributed by atoms with E-state index in [0.717, 1.165) is 10.6 Å². The number of nitrogen functional groups attached to an aromatic ring is 1. The highest BCUT2D eigenvalue weighted by Crippen LogP contribution is 2.18. The summed E-state index contributed by atoms with van der Waals surface area (Å²) < 4.78 is 28.5. The zero-order chi connectivity index (χ0) is 13.1. The van der Waals surface area contributed by atoms with Crippen molar-refractivity contribution in [2.75, 3.05) is 29.9 Å². The highest BCUT2D eigenvalue weighted by molar-refractivity contribution is 7.92. The number of sulfonamides is 1. The fourth-order valence-electron chi connectivity index (χ4n) is 1.22. The minimum absolute atomic E-state index is 0.362. The molecule has 0 radical (unpaired) electrons. The van der Waals surface area contributed by atoms with Crippen LogP contribution >= 0.6 is 0 Å². The van der Waals surface area contributed by atoms with E-state index in [4.69, 9.17) is 5.73 Å². The Kier molecular flexibility index (Phi) is 3.95. The lowest BCUT2D eigenvalue weighted by Crippen LogP contribution is -2.35. The molecule has 6 nitrogen and oxygen atoms in total. The van der Waals surface area contributed by atoms with Gasteiger partial charge in [-0.25, -0.2) is 8.42 Å². The van der Waals surface area contributed by atoms with Crippen LogP contribution in [-0.4, -0.2) is 34.3 Å². The molecule has 2 N–H and O–H groups in total. The normalized spacial score (nSPS) is 10.9. The fourth-order valence-corrected chi connectivity index (χ4v) is 2.07. The molecule has 0 atom stereocenters. The van der Waals surface area contributed by atoms with Crippen molar-refractivity contribution in [1.82, 2.24) is 0 Å². The van der Waals surface area contributed by atoms with E-state index >= 15 is 0 Å². The number of nitrogens with zero attached hydrogens (tertiary/aromatic N) is 1. The zero-order valence-corrected chi connectivity index (χ0v) is 10.4. The van der Waals surface area contributed by atoms with Gasteiger partial charge in [0.2, 0.25) is 10.0 Å². The third-order valence-corrected chi connectivity index (χ3v) is 3.22. The van der Waals surface area contributed by atoms with E-state index in [-0.39, 0.29) is 6.54 Å². The third-order valence-electron chi connectivity index (χ3n) is 2.08. The molecule has 1 rings (SSSR count). The van der Waals surface area contributed by atoms with Crippen LogP contribution in [0, 0.1) is 0 Å². The molecule has 0 aliphatic carbocycles. The van der Waals surface area contributed by atoms with Gasteiger partial charge in [0.05, 0.1) is 19.1 Å². The standard InChI is InChI=1S/C10H14N2O4S/c1-16-10(13)7-12(17(2,14)15)9-5-3-8(11)4-6-9/h3-6H,7,11H2,1-2H3. The molecule has 0 aliphatic heterocycles. The van der Waals surface area contributed by atoms with Crippen LogP contribution < -0.4 is 10.0 Å². The Morgan fingerprint density at radius 2 is 1.88 bits per heavy atom. The van der Waals surface area contributed by atoms with E-state index in [1.807, 2.05) is 0 Å². The predicted octanol–water partition coefficient (Wildman–Crippen LogP) is 0.208. The largest absolute Gasteiger partial charge is 0.468 e. The Labute approximate surface area is 100 Å². The predicted molar refractivity (Wildman–Crippen MR) is 65.1 cm³/mol. The number of nitrogens with two attached hydrogens (primary N) is 1. The lowest BCUT2D eigenvalue weighted by molar-refractivity contribution is -0.138. The molecule has 94 valence electrons. The summed E-state index contributed by atoms with van der Waals surface area (Å²) in [5.74, 6) is -0.632. The SMILES string of the molecule is COC(=O)CN(c1ccc(N)cc1)S(C)(=O)=O. The lowest BCUT2D eigenvalue weighted by atomic mass is 10.3. The molecule has 0 aliphatic rings. The van der Waals surface area contributed by atoms with Crippen LogP contribution in [0.5, 0.6) is 0 Å². The van der Waals surface area contributed by atoms with E-state index in [0.29, 0.717) is 11.4 Å². The zero-order valence-electron chi connectivity index (χ0n) is 9.58. The Hall–Kier alpha value is -1.76. The first-order valence-electron chi connectivity index (χ1n) is 4.74. The number of esters is 1. The second-order valence-electron chi connectivity index (χ2n) is 3.44. The van der Waals surface area contributed by atoms with Crippen LogP contribution in [0.1, 0.15) is 0 Å². The molecule has 1 aromatic rings. The van der Waals surface area contributed by atoms with Crippen molar-refractivity contribution >= 4 is 27.4 Å². The van der Waals surface area contributed by atoms with Gasteiger partial charge in [-0.15, -0.1) is 0 Å². The van der Waals surface area contributed by atoms with Gasteiger partial charge < -0.3 is 10.5 Å². The number of hydrogen-bond acceptors (Lipinski definition) is 5. The first-order valence-corrected chi connectivity index (χ1v) is 6.59. The summed E-state index contributed by atoms with van der Waals surface area (Å²) in [6.45, 7) is -0.362. The van der Waals surface area contributed by atoms with Crippen molar-refractivity contribution in [3.63, 3.8) is 0 Å². The van der Waals surface area contributed by atoms with Gasteiger partial charge in [-0.3, -0.25) is 9.10 Å². The number of carbonyl (C=O) groups excluding carboxylic acids is 1. The van der Waals surface area contributed by atoms with Crippen molar-refractivity contribution in [2.45, 2.75) is 0 Å². The van der Waals surface area contributed by atoms with Crippen LogP contribution in [0.25, 0.3) is 0 Å². The molecule has 7 heteroatoms. The quantitative estimate of drug-likeness (QED) is 0.616. The van der Waals surface area contributed by atoms with Gasteiger partial charge in [-0.1, -0.05) is 0 Å². The smallest absolute Gasteiger partial charge is 0.326 e. The average Bonchev–Trinajstić information content (AvgIpc) is 2.25. The van der Waals surface area contributed by atoms with Gasteiger partial charge >= 0.3 is 5.97 Å². The number of hydrogen-bond donors (Lipinski definition) is 1. The van der Waals surface area contributed by atoms with Crippen LogP contribution in [0.3, 0.4) is 0 Å². The molecular formula is C10H14N2O4S. The summed E-state index contributed by atoms with van der Waals surface area (Å²) in [5, 5.41) is 0. The number of benzene rings is 1. The first kappa shape index (κ1) is 13.3. The highest BCUT2D eigenvalue weighted by Gasteiger charge is 2.20. The number of carbonyl (C=O) groups is 1. The Bertz CT molecular complexity index is 496. The van der Waals surface area contributed by atoms with Gasteiger partial charge in [0.25, 0.3) is 0 Å². The summed E-state index contributed by atoms with van der Waals surface area (Å²) in [6, 6.07) is 6.17. The molecule has 17 heavy (non-hydrogen) atoms. The van der Waals surface area contributed by atoms with E-state index in [1.54, 1.807) is 12.1 Å². The molecule has 0 saturated heterocycles. The average molecular weight is 258 g/mol. The van der Waals surface area contributed by atoms with Crippen LogP contribution in [0.4, 0.5) is 11.4 Å².